The lowest BCUT2D eigenvalue weighted by molar-refractivity contribution is -0.138. The Morgan fingerprint density at radius 2 is 1.68 bits per heavy atom. The van der Waals surface area contributed by atoms with Crippen molar-refractivity contribution in [1.29, 1.82) is 0 Å². The smallest absolute Gasteiger partial charge is 0.307 e. The lowest BCUT2D eigenvalue weighted by atomic mass is 10.1. The van der Waals surface area contributed by atoms with Gasteiger partial charge >= 0.3 is 5.97 Å². The van der Waals surface area contributed by atoms with Crippen LogP contribution in [0.25, 0.3) is 0 Å². The molecule has 2 fully saturated rings. The second-order valence-corrected chi connectivity index (χ2v) is 10.2. The first kappa shape index (κ1) is 23.5. The summed E-state index contributed by atoms with van der Waals surface area (Å²) in [5, 5.41) is 12.1. The minimum atomic E-state index is -0.758. The molecule has 0 radical (unpaired) electrons. The van der Waals surface area contributed by atoms with Gasteiger partial charge in [0.2, 0.25) is 0 Å². The molecule has 3 aliphatic carbocycles. The van der Waals surface area contributed by atoms with Crippen LogP contribution in [0, 0.1) is 17.7 Å². The number of nitrogens with one attached hydrogen (secondary N) is 1. The molecule has 37 heavy (non-hydrogen) atoms. The molecule has 1 amide bonds. The molecule has 0 aromatic heterocycles. The number of amides is 1. The summed E-state index contributed by atoms with van der Waals surface area (Å²) >= 11 is 0. The van der Waals surface area contributed by atoms with Crippen LogP contribution >= 0.6 is 0 Å². The van der Waals surface area contributed by atoms with E-state index in [1.165, 1.54) is 18.9 Å². The standard InChI is InChI=1S/C30H28FNO5/c31-25-12-14-26(36-20-9-5-19(6-10-20)29(33)32-16-17-1-2-17)22-11-13-27(28(22)25)37-21-7-3-18(4-8-21)23-15-24(23)30(34)35/h3-10,12,14,17,23-24,27H,1-2,11,13,15-16H2,(H,32,33)(H,34,35). The van der Waals surface area contributed by atoms with Gasteiger partial charge in [-0.2, -0.15) is 0 Å². The number of carboxylic acid groups (broad SMARTS) is 1. The second-order valence-electron chi connectivity index (χ2n) is 10.2. The van der Waals surface area contributed by atoms with Crippen molar-refractivity contribution in [2.45, 2.75) is 44.1 Å². The van der Waals surface area contributed by atoms with Crippen LogP contribution in [0.15, 0.2) is 60.7 Å². The van der Waals surface area contributed by atoms with E-state index in [0.29, 0.717) is 53.6 Å². The summed E-state index contributed by atoms with van der Waals surface area (Å²) in [6, 6.07) is 17.4. The molecule has 3 atom stereocenters. The van der Waals surface area contributed by atoms with E-state index in [2.05, 4.69) is 5.32 Å². The number of fused-ring (bicyclic) bond motifs is 1. The van der Waals surface area contributed by atoms with Crippen LogP contribution in [0.3, 0.4) is 0 Å². The number of carbonyl (C=O) groups excluding carboxylic acids is 1. The molecule has 190 valence electrons. The van der Waals surface area contributed by atoms with E-state index in [9.17, 15) is 14.0 Å². The highest BCUT2D eigenvalue weighted by molar-refractivity contribution is 5.94. The Kier molecular flexibility index (Phi) is 6.07. The number of rotatable bonds is 9. The fraction of sp³-hybridized carbons (Fsp3) is 0.333. The predicted octanol–water partition coefficient (Wildman–Crippen LogP) is 6.01. The molecular weight excluding hydrogens is 473 g/mol. The van der Waals surface area contributed by atoms with E-state index in [4.69, 9.17) is 14.6 Å². The zero-order chi connectivity index (χ0) is 25.5. The molecule has 0 aliphatic heterocycles. The number of aliphatic carboxylic acids is 1. The lowest BCUT2D eigenvalue weighted by Crippen LogP contribution is -2.25. The van der Waals surface area contributed by atoms with Crippen LogP contribution in [0.2, 0.25) is 0 Å². The van der Waals surface area contributed by atoms with Gasteiger partial charge in [0.05, 0.1) is 5.92 Å². The van der Waals surface area contributed by atoms with Gasteiger partial charge < -0.3 is 19.9 Å². The highest BCUT2D eigenvalue weighted by atomic mass is 19.1. The minimum absolute atomic E-state index is 0.0575. The molecule has 0 spiro atoms. The molecule has 0 bridgehead atoms. The maximum atomic E-state index is 14.9. The van der Waals surface area contributed by atoms with Crippen molar-refractivity contribution < 1.29 is 28.6 Å². The largest absolute Gasteiger partial charge is 0.486 e. The number of hydrogen-bond donors (Lipinski definition) is 2. The van der Waals surface area contributed by atoms with Crippen LogP contribution in [0.5, 0.6) is 17.2 Å². The number of carbonyl (C=O) groups is 2. The lowest BCUT2D eigenvalue weighted by Gasteiger charge is -2.17. The van der Waals surface area contributed by atoms with Gasteiger partial charge in [0, 0.05) is 23.2 Å². The van der Waals surface area contributed by atoms with Gasteiger partial charge in [0.15, 0.2) is 0 Å². The highest BCUT2D eigenvalue weighted by Gasteiger charge is 2.44. The Morgan fingerprint density at radius 1 is 0.946 bits per heavy atom. The highest BCUT2D eigenvalue weighted by Crippen LogP contribution is 2.48. The molecule has 3 aromatic carbocycles. The normalized spacial score (nSPS) is 21.7. The van der Waals surface area contributed by atoms with E-state index >= 15 is 0 Å². The Labute approximate surface area is 214 Å². The van der Waals surface area contributed by atoms with Crippen LogP contribution in [0.1, 0.15) is 64.8 Å². The van der Waals surface area contributed by atoms with Gasteiger partial charge in [0.25, 0.3) is 5.91 Å². The SMILES string of the molecule is O=C(NCC1CC1)c1ccc(Oc2ccc(F)c3c2CCC3Oc2ccc(C3CC3C(=O)O)cc2)cc1. The predicted molar refractivity (Wildman–Crippen MR) is 135 cm³/mol. The van der Waals surface area contributed by atoms with Gasteiger partial charge in [-0.1, -0.05) is 12.1 Å². The maximum Gasteiger partial charge on any atom is 0.307 e. The summed E-state index contributed by atoms with van der Waals surface area (Å²) in [5.41, 5.74) is 2.86. The van der Waals surface area contributed by atoms with Gasteiger partial charge in [-0.3, -0.25) is 9.59 Å². The van der Waals surface area contributed by atoms with Gasteiger partial charge in [0.1, 0.15) is 29.2 Å². The number of halogens is 1. The van der Waals surface area contributed by atoms with Crippen molar-refractivity contribution >= 4 is 11.9 Å². The molecule has 7 heteroatoms. The molecule has 3 aromatic rings. The Bertz CT molecular complexity index is 1330. The third kappa shape index (κ3) is 5.03. The summed E-state index contributed by atoms with van der Waals surface area (Å²) in [5.74, 6) is 0.975. The monoisotopic (exact) mass is 501 g/mol. The summed E-state index contributed by atoms with van der Waals surface area (Å²) in [7, 11) is 0. The van der Waals surface area contributed by atoms with Crippen LogP contribution in [-0.4, -0.2) is 23.5 Å². The van der Waals surface area contributed by atoms with E-state index in [1.807, 2.05) is 24.3 Å². The minimum Gasteiger partial charge on any atom is -0.486 e. The molecule has 2 N–H and O–H groups in total. The third-order valence-corrected chi connectivity index (χ3v) is 7.53. The van der Waals surface area contributed by atoms with Gasteiger partial charge in [-0.25, -0.2) is 4.39 Å². The zero-order valence-electron chi connectivity index (χ0n) is 20.3. The first-order valence-electron chi connectivity index (χ1n) is 12.8. The summed E-state index contributed by atoms with van der Waals surface area (Å²) in [4.78, 5) is 23.4. The van der Waals surface area contributed by atoms with Crippen LogP contribution in [0.4, 0.5) is 4.39 Å². The number of benzene rings is 3. The number of carboxylic acids is 1. The van der Waals surface area contributed by atoms with Crippen molar-refractivity contribution in [3.63, 3.8) is 0 Å². The fourth-order valence-electron chi connectivity index (χ4n) is 5.11. The topological polar surface area (TPSA) is 84.9 Å². The average Bonchev–Trinajstić information content (AvgIpc) is 3.83. The number of ether oxygens (including phenoxy) is 2. The second kappa shape index (κ2) is 9.54. The number of hydrogen-bond acceptors (Lipinski definition) is 4. The van der Waals surface area contributed by atoms with Crippen molar-refractivity contribution in [1.82, 2.24) is 5.32 Å². The van der Waals surface area contributed by atoms with Crippen LogP contribution < -0.4 is 14.8 Å². The summed E-state index contributed by atoms with van der Waals surface area (Å²) in [6.07, 6.45) is 3.84. The first-order chi connectivity index (χ1) is 18.0. The summed E-state index contributed by atoms with van der Waals surface area (Å²) in [6.45, 7) is 0.720. The van der Waals surface area contributed by atoms with Crippen molar-refractivity contribution in [2.24, 2.45) is 11.8 Å². The maximum absolute atomic E-state index is 14.9. The Balaban J connectivity index is 1.13. The molecular formula is C30H28FNO5. The molecule has 2 saturated carbocycles. The molecule has 0 heterocycles. The Hall–Kier alpha value is -3.87. The average molecular weight is 502 g/mol. The molecule has 3 unspecified atom stereocenters. The molecule has 6 rings (SSSR count). The molecule has 0 saturated heterocycles. The Morgan fingerprint density at radius 3 is 2.35 bits per heavy atom. The quantitative estimate of drug-likeness (QED) is 0.375. The molecule has 3 aliphatic rings. The van der Waals surface area contributed by atoms with E-state index < -0.39 is 12.1 Å². The van der Waals surface area contributed by atoms with E-state index in [-0.39, 0.29) is 23.6 Å². The van der Waals surface area contributed by atoms with Crippen LogP contribution in [-0.2, 0) is 11.2 Å². The third-order valence-electron chi connectivity index (χ3n) is 7.53. The zero-order valence-corrected chi connectivity index (χ0v) is 20.3. The van der Waals surface area contributed by atoms with E-state index in [0.717, 1.165) is 17.7 Å². The first-order valence-corrected chi connectivity index (χ1v) is 12.8. The van der Waals surface area contributed by atoms with Gasteiger partial charge in [-0.05, 0) is 98.0 Å². The van der Waals surface area contributed by atoms with Gasteiger partial charge in [-0.15, -0.1) is 0 Å². The summed E-state index contributed by atoms with van der Waals surface area (Å²) < 4.78 is 27.1. The molecule has 6 nitrogen and oxygen atoms in total. The fourth-order valence-corrected chi connectivity index (χ4v) is 5.11. The van der Waals surface area contributed by atoms with Crippen molar-refractivity contribution in [3.05, 3.63) is 88.7 Å². The van der Waals surface area contributed by atoms with E-state index in [1.54, 1.807) is 30.3 Å². The van der Waals surface area contributed by atoms with Crippen molar-refractivity contribution in [3.8, 4) is 17.2 Å². The van der Waals surface area contributed by atoms with Crippen molar-refractivity contribution in [2.75, 3.05) is 6.54 Å².